The summed E-state index contributed by atoms with van der Waals surface area (Å²) in [5.74, 6) is -2.81. The van der Waals surface area contributed by atoms with Gasteiger partial charge in [-0.3, -0.25) is 4.79 Å². The van der Waals surface area contributed by atoms with Gasteiger partial charge in [-0.2, -0.15) is 0 Å². The van der Waals surface area contributed by atoms with Crippen LogP contribution in [0.5, 0.6) is 11.5 Å². The Balaban J connectivity index is 1.89. The first-order chi connectivity index (χ1) is 13.4. The molecule has 3 rings (SSSR count). The number of carboxylic acid groups (broad SMARTS) is 2. The predicted molar refractivity (Wildman–Crippen MR) is 104 cm³/mol. The number of anilines is 1. The lowest BCUT2D eigenvalue weighted by Crippen LogP contribution is -2.12. The van der Waals surface area contributed by atoms with Crippen LogP contribution in [-0.4, -0.2) is 28.1 Å². The SMILES string of the molecule is O=C(O)c1ccc(Oc2ccccc2NC(=O)c2ccsc2Cl)cc1C(=O)O. The summed E-state index contributed by atoms with van der Waals surface area (Å²) in [5.41, 5.74) is -0.0977. The van der Waals surface area contributed by atoms with E-state index in [0.29, 0.717) is 15.6 Å². The average molecular weight is 418 g/mol. The maximum Gasteiger partial charge on any atom is 0.336 e. The molecule has 3 aromatic rings. The van der Waals surface area contributed by atoms with E-state index in [0.717, 1.165) is 12.1 Å². The molecule has 28 heavy (non-hydrogen) atoms. The molecular formula is C19H12ClNO6S. The third-order valence-electron chi connectivity index (χ3n) is 3.68. The molecule has 0 saturated heterocycles. The van der Waals surface area contributed by atoms with E-state index >= 15 is 0 Å². The summed E-state index contributed by atoms with van der Waals surface area (Å²) >= 11 is 7.21. The standard InChI is InChI=1S/C19H12ClNO6S/c20-16-12(7-8-28-16)17(22)21-14-3-1-2-4-15(14)27-10-5-6-11(18(23)24)13(9-10)19(25)26/h1-9H,(H,21,22)(H,23,24)(H,25,26). The molecule has 0 radical (unpaired) electrons. The minimum Gasteiger partial charge on any atom is -0.478 e. The van der Waals surface area contributed by atoms with Crippen molar-refractivity contribution in [3.8, 4) is 11.5 Å². The van der Waals surface area contributed by atoms with Crippen LogP contribution in [-0.2, 0) is 0 Å². The summed E-state index contributed by atoms with van der Waals surface area (Å²) in [6.07, 6.45) is 0. The quantitative estimate of drug-likeness (QED) is 0.528. The van der Waals surface area contributed by atoms with E-state index in [9.17, 15) is 19.5 Å². The number of para-hydroxylation sites is 2. The number of rotatable bonds is 6. The lowest BCUT2D eigenvalue weighted by Gasteiger charge is -2.13. The molecule has 0 aliphatic heterocycles. The van der Waals surface area contributed by atoms with Crippen molar-refractivity contribution in [2.45, 2.75) is 0 Å². The molecule has 9 heteroatoms. The molecule has 0 aliphatic carbocycles. The average Bonchev–Trinajstić information content (AvgIpc) is 3.09. The van der Waals surface area contributed by atoms with Gasteiger partial charge in [0.1, 0.15) is 10.1 Å². The molecule has 1 amide bonds. The number of nitrogens with one attached hydrogen (secondary N) is 1. The number of ether oxygens (including phenoxy) is 1. The molecular weight excluding hydrogens is 406 g/mol. The molecule has 0 aliphatic rings. The molecule has 7 nitrogen and oxygen atoms in total. The van der Waals surface area contributed by atoms with Crippen molar-refractivity contribution in [2.24, 2.45) is 0 Å². The highest BCUT2D eigenvalue weighted by atomic mass is 35.5. The van der Waals surface area contributed by atoms with Gasteiger partial charge in [-0.25, -0.2) is 9.59 Å². The zero-order valence-electron chi connectivity index (χ0n) is 14.0. The molecule has 2 aromatic carbocycles. The van der Waals surface area contributed by atoms with Crippen LogP contribution < -0.4 is 10.1 Å². The van der Waals surface area contributed by atoms with Crippen LogP contribution in [0.15, 0.2) is 53.9 Å². The van der Waals surface area contributed by atoms with Gasteiger partial charge >= 0.3 is 11.9 Å². The number of carboxylic acids is 2. The molecule has 3 N–H and O–H groups in total. The van der Waals surface area contributed by atoms with Crippen LogP contribution in [0.2, 0.25) is 4.34 Å². The van der Waals surface area contributed by atoms with Crippen molar-refractivity contribution in [2.75, 3.05) is 5.32 Å². The predicted octanol–water partition coefficient (Wildman–Crippen LogP) is 4.84. The van der Waals surface area contributed by atoms with Crippen molar-refractivity contribution < 1.29 is 29.3 Å². The van der Waals surface area contributed by atoms with Crippen LogP contribution in [0.25, 0.3) is 0 Å². The summed E-state index contributed by atoms with van der Waals surface area (Å²) in [4.78, 5) is 34.8. The van der Waals surface area contributed by atoms with Gasteiger partial charge in [0.05, 0.1) is 22.4 Å². The highest BCUT2D eigenvalue weighted by Crippen LogP contribution is 2.32. The van der Waals surface area contributed by atoms with Crippen LogP contribution in [0.4, 0.5) is 5.69 Å². The molecule has 0 unspecified atom stereocenters. The van der Waals surface area contributed by atoms with Gasteiger partial charge in [0.2, 0.25) is 0 Å². The summed E-state index contributed by atoms with van der Waals surface area (Å²) < 4.78 is 6.04. The second kappa shape index (κ2) is 8.12. The Kier molecular flexibility index (Phi) is 5.62. The van der Waals surface area contributed by atoms with Gasteiger partial charge in [-0.15, -0.1) is 11.3 Å². The second-order valence-corrected chi connectivity index (χ2v) is 7.00. The van der Waals surface area contributed by atoms with E-state index in [1.54, 1.807) is 35.7 Å². The van der Waals surface area contributed by atoms with E-state index in [-0.39, 0.29) is 17.1 Å². The smallest absolute Gasteiger partial charge is 0.336 e. The number of amides is 1. The molecule has 0 saturated carbocycles. The first kappa shape index (κ1) is 19.4. The molecule has 0 fully saturated rings. The Morgan fingerprint density at radius 3 is 2.29 bits per heavy atom. The Hall–Kier alpha value is -3.36. The van der Waals surface area contributed by atoms with Gasteiger partial charge in [0.25, 0.3) is 5.91 Å². The monoisotopic (exact) mass is 417 g/mol. The molecule has 142 valence electrons. The third kappa shape index (κ3) is 4.13. The molecule has 0 spiro atoms. The molecule has 0 bridgehead atoms. The fourth-order valence-electron chi connectivity index (χ4n) is 2.38. The second-order valence-electron chi connectivity index (χ2n) is 5.48. The van der Waals surface area contributed by atoms with Crippen molar-refractivity contribution in [3.05, 3.63) is 74.9 Å². The third-order valence-corrected chi connectivity index (χ3v) is 4.85. The number of carbonyl (C=O) groups is 3. The Bertz CT molecular complexity index is 1080. The van der Waals surface area contributed by atoms with Gasteiger partial charge in [0, 0.05) is 0 Å². The Morgan fingerprint density at radius 1 is 0.929 bits per heavy atom. The van der Waals surface area contributed by atoms with Crippen LogP contribution >= 0.6 is 22.9 Å². The summed E-state index contributed by atoms with van der Waals surface area (Å²) in [5, 5.41) is 22.7. The maximum atomic E-state index is 12.4. The summed E-state index contributed by atoms with van der Waals surface area (Å²) in [6, 6.07) is 11.7. The minimum absolute atomic E-state index is 0.109. The molecule has 1 heterocycles. The van der Waals surface area contributed by atoms with Gasteiger partial charge in [-0.05, 0) is 41.8 Å². The Morgan fingerprint density at radius 2 is 1.64 bits per heavy atom. The number of benzene rings is 2. The van der Waals surface area contributed by atoms with Crippen molar-refractivity contribution in [3.63, 3.8) is 0 Å². The normalized spacial score (nSPS) is 10.3. The molecule has 1 aromatic heterocycles. The highest BCUT2D eigenvalue weighted by molar-refractivity contribution is 7.14. The van der Waals surface area contributed by atoms with Gasteiger partial charge < -0.3 is 20.3 Å². The van der Waals surface area contributed by atoms with Crippen LogP contribution in [0.1, 0.15) is 31.1 Å². The number of thiophene rings is 1. The van der Waals surface area contributed by atoms with Crippen molar-refractivity contribution in [1.29, 1.82) is 0 Å². The summed E-state index contributed by atoms with van der Waals surface area (Å²) in [6.45, 7) is 0. The fourth-order valence-corrected chi connectivity index (χ4v) is 3.30. The van der Waals surface area contributed by atoms with Crippen LogP contribution in [0, 0.1) is 0 Å². The lowest BCUT2D eigenvalue weighted by atomic mass is 10.1. The minimum atomic E-state index is -1.39. The van der Waals surface area contributed by atoms with E-state index in [1.807, 2.05) is 0 Å². The zero-order valence-corrected chi connectivity index (χ0v) is 15.6. The van der Waals surface area contributed by atoms with E-state index < -0.39 is 23.4 Å². The largest absolute Gasteiger partial charge is 0.478 e. The van der Waals surface area contributed by atoms with Crippen LogP contribution in [0.3, 0.4) is 0 Å². The lowest BCUT2D eigenvalue weighted by molar-refractivity contribution is 0.0651. The van der Waals surface area contributed by atoms with E-state index in [1.165, 1.54) is 17.4 Å². The fraction of sp³-hybridized carbons (Fsp3) is 0. The number of halogens is 1. The number of hydrogen-bond donors (Lipinski definition) is 3. The topological polar surface area (TPSA) is 113 Å². The van der Waals surface area contributed by atoms with Gasteiger partial charge in [-0.1, -0.05) is 23.7 Å². The highest BCUT2D eigenvalue weighted by Gasteiger charge is 2.18. The van der Waals surface area contributed by atoms with Gasteiger partial charge in [0.15, 0.2) is 5.75 Å². The number of hydrogen-bond acceptors (Lipinski definition) is 5. The number of aromatic carboxylic acids is 2. The number of carbonyl (C=O) groups excluding carboxylic acids is 1. The Labute approximate surface area is 167 Å². The summed E-state index contributed by atoms with van der Waals surface area (Å²) in [7, 11) is 0. The van der Waals surface area contributed by atoms with Crippen molar-refractivity contribution in [1.82, 2.24) is 0 Å². The van der Waals surface area contributed by atoms with E-state index in [4.69, 9.17) is 21.4 Å². The first-order valence-corrected chi connectivity index (χ1v) is 9.04. The van der Waals surface area contributed by atoms with E-state index in [2.05, 4.69) is 5.32 Å². The van der Waals surface area contributed by atoms with Crippen molar-refractivity contribution >= 4 is 46.5 Å². The zero-order chi connectivity index (χ0) is 20.3. The molecule has 0 atom stereocenters. The maximum absolute atomic E-state index is 12.4. The first-order valence-electron chi connectivity index (χ1n) is 7.78.